The first-order valence-electron chi connectivity index (χ1n) is 14.2. The lowest BCUT2D eigenvalue weighted by molar-refractivity contribution is -0.169. The number of hydrogen-bond donors (Lipinski definition) is 2. The van der Waals surface area contributed by atoms with Crippen molar-refractivity contribution < 1.29 is 18.7 Å². The number of anilines is 1. The fraction of sp³-hybridized carbons (Fsp3) is 0.500. The maximum Gasteiger partial charge on any atom is 0.322 e. The number of halogens is 2. The topological polar surface area (TPSA) is 101 Å². The van der Waals surface area contributed by atoms with Crippen molar-refractivity contribution in [2.45, 2.75) is 43.7 Å². The molecule has 3 aliphatic rings. The highest BCUT2D eigenvalue weighted by Crippen LogP contribution is 2.49. The van der Waals surface area contributed by atoms with Crippen LogP contribution in [0.1, 0.15) is 37.3 Å². The minimum absolute atomic E-state index is 0.0439. The number of urea groups is 2. The molecule has 3 atom stereocenters. The number of fused-ring (bicyclic) bond motifs is 1. The van der Waals surface area contributed by atoms with E-state index in [9.17, 15) is 19.2 Å². The Kier molecular flexibility index (Phi) is 8.97. The normalized spacial score (nSPS) is 24.0. The third kappa shape index (κ3) is 6.27. The predicted molar refractivity (Wildman–Crippen MR) is 154 cm³/mol. The summed E-state index contributed by atoms with van der Waals surface area (Å²) in [5, 5.41) is 15.1. The number of amides is 4. The molecule has 2 saturated heterocycles. The monoisotopic (exact) mass is 582 g/mol. The lowest BCUT2D eigenvalue weighted by Crippen LogP contribution is -2.62. The molecule has 3 fully saturated rings. The van der Waals surface area contributed by atoms with E-state index in [0.717, 1.165) is 31.5 Å². The van der Waals surface area contributed by atoms with Crippen LogP contribution in [0.3, 0.4) is 0 Å². The molecule has 1 saturated carbocycles. The van der Waals surface area contributed by atoms with E-state index in [1.165, 1.54) is 18.2 Å². The Balaban J connectivity index is 1.27. The third-order valence-corrected chi connectivity index (χ3v) is 8.94. The molecule has 4 amide bonds. The Bertz CT molecular complexity index is 1310. The van der Waals surface area contributed by atoms with Gasteiger partial charge in [0.25, 0.3) is 0 Å². The molecule has 2 aliphatic heterocycles. The zero-order valence-corrected chi connectivity index (χ0v) is 24.0. The average molecular weight is 583 g/mol. The van der Waals surface area contributed by atoms with Crippen molar-refractivity contribution in [1.29, 1.82) is 5.26 Å². The van der Waals surface area contributed by atoms with Crippen LogP contribution in [0.5, 0.6) is 0 Å². The highest BCUT2D eigenvalue weighted by Gasteiger charge is 2.54. The quantitative estimate of drug-likeness (QED) is 0.503. The zero-order chi connectivity index (χ0) is 29.0. The first-order valence-corrected chi connectivity index (χ1v) is 14.6. The Hall–Kier alpha value is -3.39. The Morgan fingerprint density at radius 3 is 2.68 bits per heavy atom. The summed E-state index contributed by atoms with van der Waals surface area (Å²) >= 11 is 5.96. The van der Waals surface area contributed by atoms with Crippen molar-refractivity contribution in [2.24, 2.45) is 0 Å². The van der Waals surface area contributed by atoms with Crippen LogP contribution in [0.2, 0.25) is 5.02 Å². The second-order valence-corrected chi connectivity index (χ2v) is 11.4. The number of piperazine rings is 1. The van der Waals surface area contributed by atoms with E-state index >= 15 is 0 Å². The van der Waals surface area contributed by atoms with Gasteiger partial charge in [0, 0.05) is 63.0 Å². The molecule has 9 nitrogen and oxygen atoms in total. The number of hydrogen-bond acceptors (Lipinski definition) is 5. The molecule has 0 unspecified atom stereocenters. The van der Waals surface area contributed by atoms with Crippen LogP contribution in [0.15, 0.2) is 42.5 Å². The summed E-state index contributed by atoms with van der Waals surface area (Å²) in [6.07, 6.45) is 2.26. The van der Waals surface area contributed by atoms with Gasteiger partial charge in [0.15, 0.2) is 0 Å². The molecule has 2 aromatic rings. The van der Waals surface area contributed by atoms with Gasteiger partial charge in [0.2, 0.25) is 0 Å². The second-order valence-electron chi connectivity index (χ2n) is 11.0. The molecule has 0 aromatic heterocycles. The summed E-state index contributed by atoms with van der Waals surface area (Å²) in [6.45, 7) is 7.00. The first kappa shape index (κ1) is 29.1. The van der Waals surface area contributed by atoms with Crippen molar-refractivity contribution >= 4 is 29.4 Å². The average Bonchev–Trinajstić information content (AvgIpc) is 2.97. The molecule has 41 heavy (non-hydrogen) atoms. The highest BCUT2D eigenvalue weighted by molar-refractivity contribution is 6.31. The number of benzene rings is 2. The molecule has 2 aromatic carbocycles. The number of carbonyl (C=O) groups excluding carboxylic acids is 2. The number of nitrogens with one attached hydrogen (secondary N) is 2. The lowest BCUT2D eigenvalue weighted by atomic mass is 9.63. The van der Waals surface area contributed by atoms with Gasteiger partial charge in [-0.15, -0.1) is 0 Å². The van der Waals surface area contributed by atoms with Crippen LogP contribution in [0.25, 0.3) is 0 Å². The summed E-state index contributed by atoms with van der Waals surface area (Å²) in [5.41, 5.74) is 2.04. The van der Waals surface area contributed by atoms with Crippen LogP contribution in [-0.4, -0.2) is 91.3 Å². The van der Waals surface area contributed by atoms with Gasteiger partial charge in [-0.25, -0.2) is 14.0 Å². The number of rotatable bonds is 7. The molecule has 2 N–H and O–H groups in total. The predicted octanol–water partition coefficient (Wildman–Crippen LogP) is 4.42. The second kappa shape index (κ2) is 12.6. The summed E-state index contributed by atoms with van der Waals surface area (Å²) in [7, 11) is 0. The number of nitriles is 1. The minimum atomic E-state index is -0.542. The van der Waals surface area contributed by atoms with Gasteiger partial charge in [0.1, 0.15) is 5.82 Å². The Morgan fingerprint density at radius 1 is 1.22 bits per heavy atom. The van der Waals surface area contributed by atoms with Crippen molar-refractivity contribution in [1.82, 2.24) is 20.0 Å². The zero-order valence-electron chi connectivity index (χ0n) is 23.2. The smallest absolute Gasteiger partial charge is 0.322 e. The minimum Gasteiger partial charge on any atom is -0.376 e. The summed E-state index contributed by atoms with van der Waals surface area (Å²) < 4.78 is 19.8. The van der Waals surface area contributed by atoms with Gasteiger partial charge in [-0.1, -0.05) is 23.7 Å². The van der Waals surface area contributed by atoms with Gasteiger partial charge in [-0.05, 0) is 62.1 Å². The first-order chi connectivity index (χ1) is 19.8. The largest absolute Gasteiger partial charge is 0.376 e. The number of nitrogens with zero attached hydrogens (tertiary/aromatic N) is 4. The maximum atomic E-state index is 13.7. The van der Waals surface area contributed by atoms with E-state index in [4.69, 9.17) is 16.3 Å². The standard InChI is InChI=1S/C30H36ClFN6O3/c1-2-34-28(39)37-13-10-36(11-14-37)12-15-38(29(40)35-23-6-7-26(32)25(31)17-23)24-8-9-30(20-41-27(30)18-24)22-5-3-4-21(16-22)19-33/h3-7,16-17,24,27H,2,8-15,18,20H2,1H3,(H,34,39)(H,35,40)/t24-,27-,30-/m1/s1. The van der Waals surface area contributed by atoms with E-state index in [2.05, 4.69) is 27.7 Å². The van der Waals surface area contributed by atoms with Gasteiger partial charge in [-0.3, -0.25) is 4.90 Å². The fourth-order valence-electron chi connectivity index (χ4n) is 6.22. The summed E-state index contributed by atoms with van der Waals surface area (Å²) in [6, 6.07) is 13.8. The summed E-state index contributed by atoms with van der Waals surface area (Å²) in [4.78, 5) is 31.8. The van der Waals surface area contributed by atoms with Gasteiger partial charge >= 0.3 is 12.1 Å². The van der Waals surface area contributed by atoms with Crippen molar-refractivity contribution in [3.8, 4) is 6.07 Å². The maximum absolute atomic E-state index is 13.7. The molecule has 0 spiro atoms. The van der Waals surface area contributed by atoms with Crippen LogP contribution in [-0.2, 0) is 10.2 Å². The summed E-state index contributed by atoms with van der Waals surface area (Å²) in [5.74, 6) is -0.542. The molecule has 1 aliphatic carbocycles. The molecule has 218 valence electrons. The van der Waals surface area contributed by atoms with E-state index in [-0.39, 0.29) is 34.6 Å². The molecular formula is C30H36ClFN6O3. The number of ether oxygens (including phenoxy) is 1. The molecule has 0 radical (unpaired) electrons. The lowest BCUT2D eigenvalue weighted by Gasteiger charge is -2.55. The Morgan fingerprint density at radius 2 is 2.02 bits per heavy atom. The molecular weight excluding hydrogens is 547 g/mol. The van der Waals surface area contributed by atoms with Gasteiger partial charge < -0.3 is 25.2 Å². The van der Waals surface area contributed by atoms with Crippen LogP contribution >= 0.6 is 11.6 Å². The van der Waals surface area contributed by atoms with Crippen LogP contribution in [0.4, 0.5) is 19.7 Å². The molecule has 5 rings (SSSR count). The molecule has 11 heteroatoms. The third-order valence-electron chi connectivity index (χ3n) is 8.65. The Labute approximate surface area is 245 Å². The van der Waals surface area contributed by atoms with E-state index in [1.807, 2.05) is 34.9 Å². The molecule has 0 bridgehead atoms. The van der Waals surface area contributed by atoms with Crippen LogP contribution < -0.4 is 10.6 Å². The van der Waals surface area contributed by atoms with Crippen LogP contribution in [0, 0.1) is 17.1 Å². The van der Waals surface area contributed by atoms with Gasteiger partial charge in [0.05, 0.1) is 29.4 Å². The van der Waals surface area contributed by atoms with E-state index in [0.29, 0.717) is 57.0 Å². The highest BCUT2D eigenvalue weighted by atomic mass is 35.5. The van der Waals surface area contributed by atoms with E-state index < -0.39 is 5.82 Å². The SMILES string of the molecule is CCNC(=O)N1CCN(CCN(C(=O)Nc2ccc(F)c(Cl)c2)[C@@H]2CC[C@]3(c4cccc(C#N)c4)CO[C@@H]3C2)CC1. The van der Waals surface area contributed by atoms with Gasteiger partial charge in [-0.2, -0.15) is 5.26 Å². The number of carbonyl (C=O) groups is 2. The van der Waals surface area contributed by atoms with Crippen molar-refractivity contribution in [3.05, 3.63) is 64.4 Å². The van der Waals surface area contributed by atoms with Crippen molar-refractivity contribution in [3.63, 3.8) is 0 Å². The van der Waals surface area contributed by atoms with Crippen molar-refractivity contribution in [2.75, 3.05) is 57.7 Å². The van der Waals surface area contributed by atoms with E-state index in [1.54, 1.807) is 0 Å². The fourth-order valence-corrected chi connectivity index (χ4v) is 6.40. The molecule has 2 heterocycles.